The third kappa shape index (κ3) is 4.77. The van der Waals surface area contributed by atoms with E-state index in [1.54, 1.807) is 5.38 Å². The van der Waals surface area contributed by atoms with Gasteiger partial charge in [-0.3, -0.25) is 0 Å². The van der Waals surface area contributed by atoms with Crippen molar-refractivity contribution in [3.8, 4) is 11.3 Å². The number of rotatable bonds is 6. The molecule has 3 rings (SSSR count). The van der Waals surface area contributed by atoms with Gasteiger partial charge in [0.1, 0.15) is 5.69 Å². The molecular formula is C20H21F2N3O4S2. The first-order chi connectivity index (χ1) is 14.4. The van der Waals surface area contributed by atoms with Crippen LogP contribution in [0.15, 0.2) is 46.2 Å². The Bertz CT molecular complexity index is 1200. The van der Waals surface area contributed by atoms with Gasteiger partial charge in [-0.15, -0.1) is 0 Å². The van der Waals surface area contributed by atoms with Gasteiger partial charge in [-0.1, -0.05) is 20.8 Å². The van der Waals surface area contributed by atoms with E-state index in [9.17, 15) is 22.7 Å². The molecule has 0 saturated heterocycles. The fraction of sp³-hybridized carbons (Fsp3) is 0.300. The van der Waals surface area contributed by atoms with E-state index >= 15 is 4.39 Å². The number of amides is 1. The molecular weight excluding hydrogens is 448 g/mol. The monoisotopic (exact) mass is 469 g/mol. The second-order valence-corrected chi connectivity index (χ2v) is 10.7. The van der Waals surface area contributed by atoms with Gasteiger partial charge in [-0.2, -0.15) is 15.7 Å². The minimum atomic E-state index is -4.26. The first-order valence-electron chi connectivity index (χ1n) is 9.18. The summed E-state index contributed by atoms with van der Waals surface area (Å²) in [6, 6.07) is 3.92. The topological polar surface area (TPSA) is 92.5 Å². The van der Waals surface area contributed by atoms with E-state index < -0.39 is 45.5 Å². The summed E-state index contributed by atoms with van der Waals surface area (Å²) in [6.45, 7) is 5.14. The van der Waals surface area contributed by atoms with Gasteiger partial charge in [-0.25, -0.2) is 26.6 Å². The Labute approximate surface area is 182 Å². The molecule has 0 fully saturated rings. The standard InChI is InChI=1S/C20H21F2N3O4S2/c1-20(2,3)12-24(19(26)27)9-13-10-25(31(28,29)14-6-8-30-11-14)17(16(13)21)15-5-4-7-23-18(15)22/h4-8,10-11H,9,12H2,1-3H3,(H,26,27). The molecule has 0 unspecified atom stereocenters. The normalized spacial score (nSPS) is 12.2. The highest BCUT2D eigenvalue weighted by Crippen LogP contribution is 2.33. The highest BCUT2D eigenvalue weighted by atomic mass is 32.2. The number of carboxylic acid groups (broad SMARTS) is 1. The molecule has 3 heterocycles. The van der Waals surface area contributed by atoms with Gasteiger partial charge in [0.05, 0.1) is 17.0 Å². The predicted molar refractivity (Wildman–Crippen MR) is 112 cm³/mol. The molecule has 7 nitrogen and oxygen atoms in total. The summed E-state index contributed by atoms with van der Waals surface area (Å²) < 4.78 is 56.8. The Kier molecular flexibility index (Phi) is 6.19. The number of hydrogen-bond donors (Lipinski definition) is 1. The third-order valence-electron chi connectivity index (χ3n) is 4.35. The zero-order valence-corrected chi connectivity index (χ0v) is 18.7. The van der Waals surface area contributed by atoms with Crippen LogP contribution in [0.3, 0.4) is 0 Å². The number of aromatic nitrogens is 2. The molecule has 0 bridgehead atoms. The van der Waals surface area contributed by atoms with Crippen LogP contribution in [0, 0.1) is 17.2 Å². The molecule has 0 radical (unpaired) electrons. The molecule has 31 heavy (non-hydrogen) atoms. The molecule has 0 aromatic carbocycles. The van der Waals surface area contributed by atoms with E-state index in [1.807, 2.05) is 20.8 Å². The lowest BCUT2D eigenvalue weighted by molar-refractivity contribution is 0.122. The highest BCUT2D eigenvalue weighted by molar-refractivity contribution is 7.90. The number of hydrogen-bond acceptors (Lipinski definition) is 5. The van der Waals surface area contributed by atoms with Crippen LogP contribution in [0.25, 0.3) is 11.3 Å². The first-order valence-corrected chi connectivity index (χ1v) is 11.6. The molecule has 0 spiro atoms. The maximum atomic E-state index is 15.5. The van der Waals surface area contributed by atoms with Crippen molar-refractivity contribution in [2.75, 3.05) is 6.54 Å². The van der Waals surface area contributed by atoms with Gasteiger partial charge in [0, 0.05) is 29.9 Å². The summed E-state index contributed by atoms with van der Waals surface area (Å²) in [5.74, 6) is -2.07. The van der Waals surface area contributed by atoms with Crippen molar-refractivity contribution in [2.45, 2.75) is 32.2 Å². The smallest absolute Gasteiger partial charge is 0.407 e. The molecule has 0 saturated carbocycles. The van der Waals surface area contributed by atoms with Crippen molar-refractivity contribution in [2.24, 2.45) is 5.41 Å². The van der Waals surface area contributed by atoms with Gasteiger partial charge >= 0.3 is 6.09 Å². The van der Waals surface area contributed by atoms with Gasteiger partial charge in [-0.05, 0) is 29.0 Å². The SMILES string of the molecule is CC(C)(C)CN(Cc1cn(S(=O)(=O)c2ccsc2)c(-c2cccnc2F)c1F)C(=O)O. The zero-order chi connectivity index (χ0) is 23.0. The quantitative estimate of drug-likeness (QED) is 0.531. The van der Waals surface area contributed by atoms with Gasteiger partial charge in [0.25, 0.3) is 10.0 Å². The second-order valence-electron chi connectivity index (χ2n) is 8.12. The van der Waals surface area contributed by atoms with Gasteiger partial charge < -0.3 is 10.0 Å². The number of thiophene rings is 1. The largest absolute Gasteiger partial charge is 0.465 e. The molecule has 1 amide bonds. The molecule has 0 aliphatic heterocycles. The molecule has 11 heteroatoms. The van der Waals surface area contributed by atoms with Crippen LogP contribution >= 0.6 is 11.3 Å². The summed E-state index contributed by atoms with van der Waals surface area (Å²) in [5, 5.41) is 12.5. The lowest BCUT2D eigenvalue weighted by Crippen LogP contribution is -2.36. The number of halogens is 2. The lowest BCUT2D eigenvalue weighted by atomic mass is 9.96. The minimum Gasteiger partial charge on any atom is -0.465 e. The summed E-state index contributed by atoms with van der Waals surface area (Å²) >= 11 is 1.14. The Morgan fingerprint density at radius 1 is 1.29 bits per heavy atom. The van der Waals surface area contributed by atoms with E-state index in [4.69, 9.17) is 0 Å². The summed E-state index contributed by atoms with van der Waals surface area (Å²) in [7, 11) is -4.26. The fourth-order valence-corrected chi connectivity index (χ4v) is 5.50. The van der Waals surface area contributed by atoms with E-state index in [-0.39, 0.29) is 22.6 Å². The maximum Gasteiger partial charge on any atom is 0.407 e. The Morgan fingerprint density at radius 3 is 2.55 bits per heavy atom. The van der Waals surface area contributed by atoms with E-state index in [2.05, 4.69) is 4.98 Å². The predicted octanol–water partition coefficient (Wildman–Crippen LogP) is 4.65. The lowest BCUT2D eigenvalue weighted by Gasteiger charge is -2.27. The van der Waals surface area contributed by atoms with Crippen LogP contribution in [0.4, 0.5) is 13.6 Å². The van der Waals surface area contributed by atoms with E-state index in [0.717, 1.165) is 28.6 Å². The van der Waals surface area contributed by atoms with Crippen LogP contribution < -0.4 is 0 Å². The third-order valence-corrected chi connectivity index (χ3v) is 6.83. The van der Waals surface area contributed by atoms with Crippen LogP contribution in [0.2, 0.25) is 0 Å². The van der Waals surface area contributed by atoms with Crippen LogP contribution in [0.5, 0.6) is 0 Å². The molecule has 3 aromatic heterocycles. The Morgan fingerprint density at radius 2 is 2.00 bits per heavy atom. The Hall–Kier alpha value is -2.79. The van der Waals surface area contributed by atoms with Crippen molar-refractivity contribution in [1.82, 2.24) is 13.9 Å². The number of nitrogens with zero attached hydrogens (tertiary/aromatic N) is 3. The molecule has 0 atom stereocenters. The second kappa shape index (κ2) is 8.39. The maximum absolute atomic E-state index is 15.5. The van der Waals surface area contributed by atoms with Gasteiger partial charge in [0.15, 0.2) is 5.82 Å². The van der Waals surface area contributed by atoms with Crippen molar-refractivity contribution < 1.29 is 27.1 Å². The van der Waals surface area contributed by atoms with Gasteiger partial charge in [0.2, 0.25) is 5.95 Å². The molecule has 1 N–H and O–H groups in total. The average Bonchev–Trinajstić information content (AvgIpc) is 3.30. The average molecular weight is 470 g/mol. The van der Waals surface area contributed by atoms with Crippen molar-refractivity contribution in [3.05, 3.63) is 58.7 Å². The van der Waals surface area contributed by atoms with Crippen molar-refractivity contribution in [1.29, 1.82) is 0 Å². The van der Waals surface area contributed by atoms with Crippen LogP contribution in [0.1, 0.15) is 26.3 Å². The first kappa shape index (κ1) is 22.9. The highest BCUT2D eigenvalue weighted by Gasteiger charge is 2.30. The minimum absolute atomic E-state index is 0.0841. The van der Waals surface area contributed by atoms with Crippen molar-refractivity contribution in [3.63, 3.8) is 0 Å². The summed E-state index contributed by atoms with van der Waals surface area (Å²) in [6.07, 6.45) is 0.883. The van der Waals surface area contributed by atoms with E-state index in [0.29, 0.717) is 3.97 Å². The fourth-order valence-electron chi connectivity index (χ4n) is 3.09. The van der Waals surface area contributed by atoms with E-state index in [1.165, 1.54) is 23.6 Å². The Balaban J connectivity index is 2.19. The summed E-state index contributed by atoms with van der Waals surface area (Å²) in [4.78, 5) is 16.1. The zero-order valence-electron chi connectivity index (χ0n) is 17.0. The van der Waals surface area contributed by atoms with Crippen molar-refractivity contribution >= 4 is 27.5 Å². The summed E-state index contributed by atoms with van der Waals surface area (Å²) in [5.41, 5.74) is -1.49. The van der Waals surface area contributed by atoms with Crippen LogP contribution in [-0.2, 0) is 16.6 Å². The molecule has 0 aliphatic carbocycles. The number of carbonyl (C=O) groups is 1. The molecule has 3 aromatic rings. The molecule has 0 aliphatic rings. The van der Waals surface area contributed by atoms with Crippen LogP contribution in [-0.4, -0.2) is 40.0 Å². The molecule has 166 valence electrons. The number of pyridine rings is 1.